The van der Waals surface area contributed by atoms with Gasteiger partial charge in [0.25, 0.3) is 0 Å². The summed E-state index contributed by atoms with van der Waals surface area (Å²) in [5, 5.41) is 3.46. The molecule has 2 aromatic rings. The van der Waals surface area contributed by atoms with Gasteiger partial charge in [-0.2, -0.15) is 0 Å². The predicted octanol–water partition coefficient (Wildman–Crippen LogP) is 4.65. The summed E-state index contributed by atoms with van der Waals surface area (Å²) in [4.78, 5) is 0. The van der Waals surface area contributed by atoms with Crippen molar-refractivity contribution in [2.75, 3.05) is 13.7 Å². The average Bonchev–Trinajstić information content (AvgIpc) is 2.49. The zero-order valence-electron chi connectivity index (χ0n) is 13.7. The average molecular weight is 283 g/mol. The maximum atomic E-state index is 5.40. The van der Waals surface area contributed by atoms with Crippen LogP contribution in [0.3, 0.4) is 0 Å². The Morgan fingerprint density at radius 3 is 2.52 bits per heavy atom. The molecule has 2 nitrogen and oxygen atoms in total. The third kappa shape index (κ3) is 3.45. The summed E-state index contributed by atoms with van der Waals surface area (Å²) in [5.74, 6) is 0.952. The van der Waals surface area contributed by atoms with Crippen molar-refractivity contribution in [3.8, 4) is 16.9 Å². The van der Waals surface area contributed by atoms with E-state index < -0.39 is 0 Å². The Labute approximate surface area is 128 Å². The molecule has 0 spiro atoms. The minimum absolute atomic E-state index is 0.370. The molecule has 0 heterocycles. The fourth-order valence-electron chi connectivity index (χ4n) is 2.72. The second-order valence-corrected chi connectivity index (χ2v) is 5.54. The van der Waals surface area contributed by atoms with Crippen LogP contribution in [0.2, 0.25) is 0 Å². The molecule has 0 amide bonds. The molecule has 1 unspecified atom stereocenters. The molecule has 2 heteroatoms. The van der Waals surface area contributed by atoms with Crippen molar-refractivity contribution in [3.05, 3.63) is 53.1 Å². The van der Waals surface area contributed by atoms with Crippen LogP contribution in [-0.4, -0.2) is 13.7 Å². The van der Waals surface area contributed by atoms with Crippen molar-refractivity contribution in [2.24, 2.45) is 0 Å². The van der Waals surface area contributed by atoms with Crippen LogP contribution < -0.4 is 10.1 Å². The molecule has 0 radical (unpaired) electrons. The number of benzene rings is 2. The van der Waals surface area contributed by atoms with E-state index >= 15 is 0 Å². The lowest BCUT2D eigenvalue weighted by Gasteiger charge is -2.16. The highest BCUT2D eigenvalue weighted by atomic mass is 16.5. The minimum atomic E-state index is 0.370. The van der Waals surface area contributed by atoms with Crippen LogP contribution in [0.15, 0.2) is 36.4 Å². The van der Waals surface area contributed by atoms with E-state index in [-0.39, 0.29) is 0 Å². The van der Waals surface area contributed by atoms with Gasteiger partial charge in [0.05, 0.1) is 7.11 Å². The van der Waals surface area contributed by atoms with Gasteiger partial charge in [0.1, 0.15) is 5.75 Å². The number of hydrogen-bond acceptors (Lipinski definition) is 2. The molecule has 21 heavy (non-hydrogen) atoms. The molecule has 2 rings (SSSR count). The maximum Gasteiger partial charge on any atom is 0.122 e. The van der Waals surface area contributed by atoms with Crippen LogP contribution in [0.1, 0.15) is 36.6 Å². The van der Waals surface area contributed by atoms with Crippen LogP contribution in [0, 0.1) is 13.8 Å². The summed E-state index contributed by atoms with van der Waals surface area (Å²) in [7, 11) is 1.72. The lowest BCUT2D eigenvalue weighted by Crippen LogP contribution is -2.17. The smallest absolute Gasteiger partial charge is 0.122 e. The third-order valence-electron chi connectivity index (χ3n) is 3.95. The minimum Gasteiger partial charge on any atom is -0.496 e. The van der Waals surface area contributed by atoms with Gasteiger partial charge in [-0.15, -0.1) is 0 Å². The second kappa shape index (κ2) is 6.77. The summed E-state index contributed by atoms with van der Waals surface area (Å²) in [5.41, 5.74) is 6.27. The van der Waals surface area contributed by atoms with Gasteiger partial charge in [-0.05, 0) is 73.3 Å². The SMILES string of the molecule is CCNC(C)c1cccc(-c2cc(C)c(OC)cc2C)c1. The second-order valence-electron chi connectivity index (χ2n) is 5.54. The molecule has 0 aliphatic rings. The van der Waals surface area contributed by atoms with Gasteiger partial charge >= 0.3 is 0 Å². The Bertz CT molecular complexity index is 619. The molecule has 1 N–H and O–H groups in total. The van der Waals surface area contributed by atoms with Crippen LogP contribution >= 0.6 is 0 Å². The molecule has 0 saturated carbocycles. The lowest BCUT2D eigenvalue weighted by atomic mass is 9.95. The summed E-state index contributed by atoms with van der Waals surface area (Å²) >= 11 is 0. The zero-order valence-corrected chi connectivity index (χ0v) is 13.7. The first kappa shape index (κ1) is 15.6. The first-order valence-corrected chi connectivity index (χ1v) is 7.55. The molecule has 0 saturated heterocycles. The van der Waals surface area contributed by atoms with E-state index in [2.05, 4.69) is 69.4 Å². The summed E-state index contributed by atoms with van der Waals surface area (Å²) in [6, 6.07) is 13.5. The number of aryl methyl sites for hydroxylation is 2. The number of ether oxygens (including phenoxy) is 1. The van der Waals surface area contributed by atoms with E-state index in [9.17, 15) is 0 Å². The molecular formula is C19H25NO. The first-order valence-electron chi connectivity index (χ1n) is 7.55. The molecule has 112 valence electrons. The number of rotatable bonds is 5. The van der Waals surface area contributed by atoms with E-state index in [0.29, 0.717) is 6.04 Å². The largest absolute Gasteiger partial charge is 0.496 e. The number of nitrogens with one attached hydrogen (secondary N) is 1. The van der Waals surface area contributed by atoms with Gasteiger partial charge < -0.3 is 10.1 Å². The van der Waals surface area contributed by atoms with E-state index in [1.807, 2.05) is 0 Å². The monoisotopic (exact) mass is 283 g/mol. The molecule has 0 aromatic heterocycles. The van der Waals surface area contributed by atoms with Gasteiger partial charge in [-0.3, -0.25) is 0 Å². The van der Waals surface area contributed by atoms with Gasteiger partial charge in [-0.25, -0.2) is 0 Å². The Hall–Kier alpha value is -1.80. The summed E-state index contributed by atoms with van der Waals surface area (Å²) in [6.45, 7) is 9.54. The van der Waals surface area contributed by atoms with E-state index in [1.54, 1.807) is 7.11 Å². The zero-order chi connectivity index (χ0) is 15.4. The molecule has 1 atom stereocenters. The van der Waals surface area contributed by atoms with Crippen LogP contribution in [0.25, 0.3) is 11.1 Å². The Morgan fingerprint density at radius 2 is 1.86 bits per heavy atom. The molecule has 0 bridgehead atoms. The van der Waals surface area contributed by atoms with Crippen LogP contribution in [0.4, 0.5) is 0 Å². The van der Waals surface area contributed by atoms with E-state index in [0.717, 1.165) is 12.3 Å². The maximum absolute atomic E-state index is 5.40. The quantitative estimate of drug-likeness (QED) is 0.862. The van der Waals surface area contributed by atoms with E-state index in [1.165, 1.54) is 27.8 Å². The van der Waals surface area contributed by atoms with Gasteiger partial charge in [0.2, 0.25) is 0 Å². The molecular weight excluding hydrogens is 258 g/mol. The van der Waals surface area contributed by atoms with E-state index in [4.69, 9.17) is 4.74 Å². The molecule has 0 fully saturated rings. The Morgan fingerprint density at radius 1 is 1.10 bits per heavy atom. The van der Waals surface area contributed by atoms with Gasteiger partial charge in [0, 0.05) is 6.04 Å². The topological polar surface area (TPSA) is 21.3 Å². The molecule has 0 aliphatic heterocycles. The van der Waals surface area contributed by atoms with Crippen LogP contribution in [-0.2, 0) is 0 Å². The Balaban J connectivity index is 2.43. The van der Waals surface area contributed by atoms with Crippen LogP contribution in [0.5, 0.6) is 5.75 Å². The normalized spacial score (nSPS) is 12.2. The first-order chi connectivity index (χ1) is 10.1. The summed E-state index contributed by atoms with van der Waals surface area (Å²) < 4.78 is 5.40. The highest BCUT2D eigenvalue weighted by Crippen LogP contribution is 2.31. The number of hydrogen-bond donors (Lipinski definition) is 1. The molecule has 0 aliphatic carbocycles. The van der Waals surface area contributed by atoms with Gasteiger partial charge in [-0.1, -0.05) is 25.1 Å². The molecule has 2 aromatic carbocycles. The van der Waals surface area contributed by atoms with Crippen molar-refractivity contribution in [1.29, 1.82) is 0 Å². The van der Waals surface area contributed by atoms with Crippen molar-refractivity contribution < 1.29 is 4.74 Å². The van der Waals surface area contributed by atoms with Crippen molar-refractivity contribution in [1.82, 2.24) is 5.32 Å². The summed E-state index contributed by atoms with van der Waals surface area (Å²) in [6.07, 6.45) is 0. The predicted molar refractivity (Wildman–Crippen MR) is 90.0 cm³/mol. The number of methoxy groups -OCH3 is 1. The fraction of sp³-hybridized carbons (Fsp3) is 0.368. The van der Waals surface area contributed by atoms with Gasteiger partial charge in [0.15, 0.2) is 0 Å². The Kier molecular flexibility index (Phi) is 5.03. The standard InChI is InChI=1S/C19H25NO/c1-6-20-15(4)16-8-7-9-17(12-16)18-10-14(3)19(21-5)11-13(18)2/h7-12,15,20H,6H2,1-5H3. The van der Waals surface area contributed by atoms with Crippen molar-refractivity contribution >= 4 is 0 Å². The highest BCUT2D eigenvalue weighted by molar-refractivity contribution is 5.70. The van der Waals surface area contributed by atoms with Crippen molar-refractivity contribution in [3.63, 3.8) is 0 Å². The highest BCUT2D eigenvalue weighted by Gasteiger charge is 2.09. The fourth-order valence-corrected chi connectivity index (χ4v) is 2.72. The third-order valence-corrected chi connectivity index (χ3v) is 3.95. The van der Waals surface area contributed by atoms with Crippen molar-refractivity contribution in [2.45, 2.75) is 33.7 Å². The lowest BCUT2D eigenvalue weighted by molar-refractivity contribution is 0.411.